The molecule has 1 saturated heterocycles. The molecule has 1 amide bonds. The number of esters is 1. The second kappa shape index (κ2) is 9.25. The number of fused-ring (bicyclic) bond motifs is 1. The van der Waals surface area contributed by atoms with E-state index in [4.69, 9.17) is 4.74 Å². The molecule has 29 heavy (non-hydrogen) atoms. The van der Waals surface area contributed by atoms with Crippen molar-refractivity contribution in [1.82, 2.24) is 4.90 Å². The Morgan fingerprint density at radius 1 is 0.862 bits per heavy atom. The lowest BCUT2D eigenvalue weighted by atomic mass is 9.75. The van der Waals surface area contributed by atoms with Crippen LogP contribution in [0.3, 0.4) is 0 Å². The third-order valence-electron chi connectivity index (χ3n) is 6.48. The molecule has 2 aliphatic rings. The summed E-state index contributed by atoms with van der Waals surface area (Å²) >= 11 is 0. The van der Waals surface area contributed by atoms with Crippen LogP contribution in [0.25, 0.3) is 0 Å². The zero-order valence-electron chi connectivity index (χ0n) is 16.8. The fourth-order valence-corrected chi connectivity index (χ4v) is 4.89. The molecule has 2 fully saturated rings. The maximum Gasteiger partial charge on any atom is 0.318 e. The van der Waals surface area contributed by atoms with Crippen LogP contribution in [0.1, 0.15) is 49.1 Å². The third kappa shape index (κ3) is 4.69. The van der Waals surface area contributed by atoms with Gasteiger partial charge >= 0.3 is 5.97 Å². The van der Waals surface area contributed by atoms with Gasteiger partial charge in [-0.3, -0.25) is 9.59 Å². The van der Waals surface area contributed by atoms with Gasteiger partial charge in [-0.1, -0.05) is 79.9 Å². The first-order valence-corrected chi connectivity index (χ1v) is 10.8. The van der Waals surface area contributed by atoms with Crippen LogP contribution in [0.5, 0.6) is 0 Å². The normalized spacial score (nSPS) is 21.5. The van der Waals surface area contributed by atoms with E-state index in [0.717, 1.165) is 36.6 Å². The van der Waals surface area contributed by atoms with Crippen LogP contribution in [0, 0.1) is 11.8 Å². The van der Waals surface area contributed by atoms with Gasteiger partial charge in [0.15, 0.2) is 6.61 Å². The second-order valence-corrected chi connectivity index (χ2v) is 8.30. The van der Waals surface area contributed by atoms with Crippen molar-refractivity contribution in [3.05, 3.63) is 71.8 Å². The number of piperidine rings is 1. The molecule has 2 aromatic carbocycles. The van der Waals surface area contributed by atoms with Crippen LogP contribution >= 0.6 is 0 Å². The molecular formula is C25H29NO3. The highest BCUT2D eigenvalue weighted by molar-refractivity contribution is 5.85. The quantitative estimate of drug-likeness (QED) is 0.710. The molecule has 1 heterocycles. The standard InChI is InChI=1S/C25H29NO3/c27-23(26-16-15-19-9-7-8-14-22(19)17-26)18-29-25(28)24(20-10-3-1-4-11-20)21-12-5-2-6-13-21/h1-6,10-13,19,22,24H,7-9,14-18H2/t19-,22+/m0/s1. The first-order chi connectivity index (χ1) is 14.2. The Labute approximate surface area is 172 Å². The maximum absolute atomic E-state index is 13.0. The van der Waals surface area contributed by atoms with E-state index >= 15 is 0 Å². The van der Waals surface area contributed by atoms with Crippen molar-refractivity contribution in [2.75, 3.05) is 19.7 Å². The van der Waals surface area contributed by atoms with Crippen LogP contribution in [0.2, 0.25) is 0 Å². The summed E-state index contributed by atoms with van der Waals surface area (Å²) in [6.45, 7) is 1.44. The molecule has 2 aromatic rings. The molecule has 1 saturated carbocycles. The Bertz CT molecular complexity index is 781. The van der Waals surface area contributed by atoms with Gasteiger partial charge in [0.05, 0.1) is 0 Å². The molecule has 1 aliphatic carbocycles. The van der Waals surface area contributed by atoms with Crippen molar-refractivity contribution in [3.8, 4) is 0 Å². The number of nitrogens with zero attached hydrogens (tertiary/aromatic N) is 1. The smallest absolute Gasteiger partial charge is 0.318 e. The molecule has 4 rings (SSSR count). The Kier molecular flexibility index (Phi) is 6.28. The molecule has 1 aliphatic heterocycles. The average molecular weight is 392 g/mol. The number of amides is 1. The molecule has 0 radical (unpaired) electrons. The number of benzene rings is 2. The first kappa shape index (κ1) is 19.7. The fraction of sp³-hybridized carbons (Fsp3) is 0.440. The van der Waals surface area contributed by atoms with Gasteiger partial charge in [-0.2, -0.15) is 0 Å². The van der Waals surface area contributed by atoms with Crippen LogP contribution in [-0.4, -0.2) is 36.5 Å². The summed E-state index contributed by atoms with van der Waals surface area (Å²) in [6, 6.07) is 19.2. The van der Waals surface area contributed by atoms with E-state index in [-0.39, 0.29) is 18.5 Å². The molecule has 2 atom stereocenters. The summed E-state index contributed by atoms with van der Waals surface area (Å²) in [5.41, 5.74) is 1.75. The minimum atomic E-state index is -0.519. The minimum absolute atomic E-state index is 0.0674. The lowest BCUT2D eigenvalue weighted by molar-refractivity contribution is -0.153. The van der Waals surface area contributed by atoms with Crippen molar-refractivity contribution >= 4 is 11.9 Å². The first-order valence-electron chi connectivity index (χ1n) is 10.8. The summed E-state index contributed by atoms with van der Waals surface area (Å²) in [6.07, 6.45) is 6.21. The van der Waals surface area contributed by atoms with Gasteiger partial charge in [-0.15, -0.1) is 0 Å². The Morgan fingerprint density at radius 2 is 1.45 bits per heavy atom. The van der Waals surface area contributed by atoms with E-state index < -0.39 is 5.92 Å². The minimum Gasteiger partial charge on any atom is -0.455 e. The van der Waals surface area contributed by atoms with Gasteiger partial charge in [0.2, 0.25) is 0 Å². The second-order valence-electron chi connectivity index (χ2n) is 8.30. The van der Waals surface area contributed by atoms with Crippen molar-refractivity contribution in [3.63, 3.8) is 0 Å². The number of hydrogen-bond acceptors (Lipinski definition) is 3. The van der Waals surface area contributed by atoms with Crippen molar-refractivity contribution in [2.45, 2.75) is 38.0 Å². The van der Waals surface area contributed by atoms with Gasteiger partial charge in [-0.05, 0) is 35.8 Å². The molecule has 0 spiro atoms. The fourth-order valence-electron chi connectivity index (χ4n) is 4.89. The molecule has 152 valence electrons. The lowest BCUT2D eigenvalue weighted by Gasteiger charge is -2.41. The summed E-state index contributed by atoms with van der Waals surface area (Å²) in [7, 11) is 0. The topological polar surface area (TPSA) is 46.6 Å². The molecule has 0 unspecified atom stereocenters. The number of carbonyl (C=O) groups excluding carboxylic acids is 2. The van der Waals surface area contributed by atoms with Crippen LogP contribution in [-0.2, 0) is 14.3 Å². The Hall–Kier alpha value is -2.62. The van der Waals surface area contributed by atoms with Gasteiger partial charge in [0.25, 0.3) is 5.91 Å². The van der Waals surface area contributed by atoms with E-state index in [2.05, 4.69) is 0 Å². The summed E-state index contributed by atoms with van der Waals surface area (Å²) in [4.78, 5) is 27.6. The molecule has 0 N–H and O–H groups in total. The van der Waals surface area contributed by atoms with Gasteiger partial charge in [0.1, 0.15) is 5.92 Å². The van der Waals surface area contributed by atoms with E-state index in [1.165, 1.54) is 25.7 Å². The number of ether oxygens (including phenoxy) is 1. The third-order valence-corrected chi connectivity index (χ3v) is 6.48. The van der Waals surface area contributed by atoms with Gasteiger partial charge < -0.3 is 9.64 Å². The Balaban J connectivity index is 1.40. The van der Waals surface area contributed by atoms with Gasteiger partial charge in [-0.25, -0.2) is 0 Å². The van der Waals surface area contributed by atoms with Crippen molar-refractivity contribution in [2.24, 2.45) is 11.8 Å². The van der Waals surface area contributed by atoms with Crippen molar-refractivity contribution < 1.29 is 14.3 Å². The number of hydrogen-bond donors (Lipinski definition) is 0. The molecular weight excluding hydrogens is 362 g/mol. The summed E-state index contributed by atoms with van der Waals surface area (Å²) in [5.74, 6) is 0.439. The summed E-state index contributed by atoms with van der Waals surface area (Å²) < 4.78 is 5.53. The highest BCUT2D eigenvalue weighted by Gasteiger charge is 2.33. The zero-order chi connectivity index (χ0) is 20.1. The number of likely N-dealkylation sites (tertiary alicyclic amines) is 1. The average Bonchev–Trinajstić information content (AvgIpc) is 2.79. The van der Waals surface area contributed by atoms with E-state index in [9.17, 15) is 9.59 Å². The molecule has 4 nitrogen and oxygen atoms in total. The largest absolute Gasteiger partial charge is 0.455 e. The van der Waals surface area contributed by atoms with Crippen LogP contribution < -0.4 is 0 Å². The van der Waals surface area contributed by atoms with Crippen LogP contribution in [0.15, 0.2) is 60.7 Å². The Morgan fingerprint density at radius 3 is 2.07 bits per heavy atom. The van der Waals surface area contributed by atoms with Gasteiger partial charge in [0, 0.05) is 13.1 Å². The zero-order valence-corrected chi connectivity index (χ0v) is 16.8. The molecule has 4 heteroatoms. The predicted octanol–water partition coefficient (Wildman–Crippen LogP) is 4.40. The van der Waals surface area contributed by atoms with E-state index in [1.807, 2.05) is 65.6 Å². The highest BCUT2D eigenvalue weighted by atomic mass is 16.5. The number of rotatable bonds is 5. The molecule has 0 bridgehead atoms. The SMILES string of the molecule is O=C(OCC(=O)N1CC[C@@H]2CCCC[C@@H]2C1)C(c1ccccc1)c1ccccc1. The highest BCUT2D eigenvalue weighted by Crippen LogP contribution is 2.36. The summed E-state index contributed by atoms with van der Waals surface area (Å²) in [5, 5.41) is 0. The molecule has 0 aromatic heterocycles. The lowest BCUT2D eigenvalue weighted by Crippen LogP contribution is -2.46. The van der Waals surface area contributed by atoms with Crippen molar-refractivity contribution in [1.29, 1.82) is 0 Å². The number of carbonyl (C=O) groups is 2. The van der Waals surface area contributed by atoms with E-state index in [0.29, 0.717) is 5.92 Å². The predicted molar refractivity (Wildman–Crippen MR) is 112 cm³/mol. The van der Waals surface area contributed by atoms with E-state index in [1.54, 1.807) is 0 Å². The van der Waals surface area contributed by atoms with Crippen LogP contribution in [0.4, 0.5) is 0 Å². The maximum atomic E-state index is 13.0. The monoisotopic (exact) mass is 391 g/mol.